The molecular weight excluding hydrogens is 166 g/mol. The first-order valence-electron chi connectivity index (χ1n) is 4.33. The molecule has 4 nitrogen and oxygen atoms in total. The van der Waals surface area contributed by atoms with Gasteiger partial charge in [-0.1, -0.05) is 13.8 Å². The molecule has 13 heavy (non-hydrogen) atoms. The van der Waals surface area contributed by atoms with Gasteiger partial charge < -0.3 is 10.1 Å². The number of aromatic nitrogens is 2. The molecule has 0 aliphatic carbocycles. The van der Waals surface area contributed by atoms with Crippen LogP contribution < -0.4 is 10.1 Å². The third-order valence-electron chi connectivity index (χ3n) is 1.47. The van der Waals surface area contributed by atoms with Crippen molar-refractivity contribution in [1.82, 2.24) is 9.97 Å². The van der Waals surface area contributed by atoms with Crippen LogP contribution in [0.3, 0.4) is 0 Å². The third kappa shape index (κ3) is 2.89. The highest BCUT2D eigenvalue weighted by molar-refractivity contribution is 5.46. The minimum Gasteiger partial charge on any atom is -0.481 e. The Hall–Kier alpha value is -1.32. The van der Waals surface area contributed by atoms with Gasteiger partial charge in [0.2, 0.25) is 5.88 Å². The standard InChI is InChI=1S/C7H11N3O.C2H6/c1-5-6(8-2)9-4-10-7(5)11-3;1-2/h4H,1-3H3,(H,8,9,10);1-2H3. The van der Waals surface area contributed by atoms with Gasteiger partial charge in [-0.05, 0) is 6.92 Å². The number of rotatable bonds is 2. The number of anilines is 1. The van der Waals surface area contributed by atoms with Crippen molar-refractivity contribution in [2.24, 2.45) is 0 Å². The molecule has 0 amide bonds. The molecule has 0 fully saturated rings. The van der Waals surface area contributed by atoms with Crippen molar-refractivity contribution in [1.29, 1.82) is 0 Å². The largest absolute Gasteiger partial charge is 0.481 e. The molecule has 1 N–H and O–H groups in total. The van der Waals surface area contributed by atoms with Crippen molar-refractivity contribution in [3.63, 3.8) is 0 Å². The lowest BCUT2D eigenvalue weighted by atomic mass is 10.3. The van der Waals surface area contributed by atoms with E-state index in [0.29, 0.717) is 5.88 Å². The maximum Gasteiger partial charge on any atom is 0.221 e. The molecule has 0 bridgehead atoms. The van der Waals surface area contributed by atoms with Gasteiger partial charge in [0.25, 0.3) is 0 Å². The topological polar surface area (TPSA) is 47.0 Å². The fraction of sp³-hybridized carbons (Fsp3) is 0.556. The predicted molar refractivity (Wildman–Crippen MR) is 54.2 cm³/mol. The summed E-state index contributed by atoms with van der Waals surface area (Å²) in [6.07, 6.45) is 1.47. The number of nitrogens with zero attached hydrogens (tertiary/aromatic N) is 2. The summed E-state index contributed by atoms with van der Waals surface area (Å²) in [5.41, 5.74) is 0.928. The first kappa shape index (κ1) is 11.7. The van der Waals surface area contributed by atoms with E-state index in [1.165, 1.54) is 6.33 Å². The Kier molecular flexibility index (Phi) is 5.59. The molecule has 0 aliphatic heterocycles. The van der Waals surface area contributed by atoms with Gasteiger partial charge in [-0.25, -0.2) is 9.97 Å². The van der Waals surface area contributed by atoms with Crippen LogP contribution in [0.1, 0.15) is 19.4 Å². The minimum absolute atomic E-state index is 0.615. The second kappa shape index (κ2) is 6.22. The van der Waals surface area contributed by atoms with Gasteiger partial charge in [0.1, 0.15) is 12.1 Å². The number of methoxy groups -OCH3 is 1. The molecule has 4 heteroatoms. The van der Waals surface area contributed by atoms with Gasteiger partial charge in [-0.15, -0.1) is 0 Å². The lowest BCUT2D eigenvalue weighted by Gasteiger charge is -2.06. The molecule has 0 radical (unpaired) electrons. The molecule has 0 saturated heterocycles. The molecule has 1 aromatic rings. The van der Waals surface area contributed by atoms with Crippen LogP contribution in [0.5, 0.6) is 5.88 Å². The van der Waals surface area contributed by atoms with E-state index in [0.717, 1.165) is 11.4 Å². The summed E-state index contributed by atoms with van der Waals surface area (Å²) in [6.45, 7) is 5.91. The van der Waals surface area contributed by atoms with Crippen LogP contribution in [0.25, 0.3) is 0 Å². The fourth-order valence-electron chi connectivity index (χ4n) is 0.892. The van der Waals surface area contributed by atoms with Gasteiger partial charge in [0, 0.05) is 7.05 Å². The van der Waals surface area contributed by atoms with Gasteiger partial charge in [0.15, 0.2) is 0 Å². The second-order valence-electron chi connectivity index (χ2n) is 2.11. The molecule has 1 rings (SSSR count). The number of hydrogen-bond donors (Lipinski definition) is 1. The molecule has 1 aromatic heterocycles. The van der Waals surface area contributed by atoms with Crippen LogP contribution in [0.2, 0.25) is 0 Å². The zero-order valence-electron chi connectivity index (χ0n) is 8.88. The minimum atomic E-state index is 0.615. The van der Waals surface area contributed by atoms with Crippen LogP contribution in [0.4, 0.5) is 5.82 Å². The van der Waals surface area contributed by atoms with Crippen LogP contribution >= 0.6 is 0 Å². The lowest BCUT2D eigenvalue weighted by Crippen LogP contribution is -1.99. The second-order valence-corrected chi connectivity index (χ2v) is 2.11. The first-order valence-corrected chi connectivity index (χ1v) is 4.33. The highest BCUT2D eigenvalue weighted by Gasteiger charge is 2.03. The SMILES string of the molecule is CC.CNc1ncnc(OC)c1C. The monoisotopic (exact) mass is 183 g/mol. The van der Waals surface area contributed by atoms with Crippen molar-refractivity contribution in [2.75, 3.05) is 19.5 Å². The van der Waals surface area contributed by atoms with E-state index in [2.05, 4.69) is 15.3 Å². The van der Waals surface area contributed by atoms with E-state index in [1.807, 2.05) is 27.8 Å². The van der Waals surface area contributed by atoms with Crippen LogP contribution in [-0.2, 0) is 0 Å². The summed E-state index contributed by atoms with van der Waals surface area (Å²) in [5.74, 6) is 1.42. The van der Waals surface area contributed by atoms with Crippen molar-refractivity contribution >= 4 is 5.82 Å². The Morgan fingerprint density at radius 2 is 1.92 bits per heavy atom. The summed E-state index contributed by atoms with van der Waals surface area (Å²) in [7, 11) is 3.41. The van der Waals surface area contributed by atoms with Crippen molar-refractivity contribution in [3.8, 4) is 5.88 Å². The Labute approximate surface area is 79.4 Å². The van der Waals surface area contributed by atoms with Crippen LogP contribution in [0.15, 0.2) is 6.33 Å². The predicted octanol–water partition coefficient (Wildman–Crippen LogP) is 1.86. The number of hydrogen-bond acceptors (Lipinski definition) is 4. The maximum atomic E-state index is 5.00. The molecule has 0 unspecified atom stereocenters. The summed E-state index contributed by atoms with van der Waals surface area (Å²) in [5, 5.41) is 2.94. The summed E-state index contributed by atoms with van der Waals surface area (Å²) < 4.78 is 5.00. The first-order chi connectivity index (χ1) is 6.29. The average Bonchev–Trinajstić information content (AvgIpc) is 2.21. The average molecular weight is 183 g/mol. The van der Waals surface area contributed by atoms with Crippen molar-refractivity contribution < 1.29 is 4.74 Å². The molecule has 0 aromatic carbocycles. The van der Waals surface area contributed by atoms with E-state index >= 15 is 0 Å². The fourth-order valence-corrected chi connectivity index (χ4v) is 0.892. The van der Waals surface area contributed by atoms with Gasteiger partial charge in [-0.3, -0.25) is 0 Å². The van der Waals surface area contributed by atoms with Crippen LogP contribution in [0, 0.1) is 6.92 Å². The lowest BCUT2D eigenvalue weighted by molar-refractivity contribution is 0.394. The smallest absolute Gasteiger partial charge is 0.221 e. The van der Waals surface area contributed by atoms with Gasteiger partial charge >= 0.3 is 0 Å². The highest BCUT2D eigenvalue weighted by atomic mass is 16.5. The Balaban J connectivity index is 0.000000671. The maximum absolute atomic E-state index is 5.00. The van der Waals surface area contributed by atoms with Crippen molar-refractivity contribution in [3.05, 3.63) is 11.9 Å². The summed E-state index contributed by atoms with van der Waals surface area (Å²) in [6, 6.07) is 0. The highest BCUT2D eigenvalue weighted by Crippen LogP contribution is 2.18. The normalized spacial score (nSPS) is 8.38. The number of nitrogens with one attached hydrogen (secondary N) is 1. The zero-order valence-corrected chi connectivity index (χ0v) is 8.88. The van der Waals surface area contributed by atoms with Crippen molar-refractivity contribution in [2.45, 2.75) is 20.8 Å². The van der Waals surface area contributed by atoms with Gasteiger partial charge in [-0.2, -0.15) is 0 Å². The third-order valence-corrected chi connectivity index (χ3v) is 1.47. The van der Waals surface area contributed by atoms with E-state index in [1.54, 1.807) is 7.11 Å². The molecule has 0 atom stereocenters. The molecular formula is C9H17N3O. The van der Waals surface area contributed by atoms with E-state index in [9.17, 15) is 0 Å². The number of ether oxygens (including phenoxy) is 1. The van der Waals surface area contributed by atoms with Crippen LogP contribution in [-0.4, -0.2) is 24.1 Å². The zero-order chi connectivity index (χ0) is 10.3. The van der Waals surface area contributed by atoms with E-state index in [4.69, 9.17) is 4.74 Å². The van der Waals surface area contributed by atoms with Gasteiger partial charge in [0.05, 0.1) is 12.7 Å². The summed E-state index contributed by atoms with van der Waals surface area (Å²) in [4.78, 5) is 7.94. The molecule has 1 heterocycles. The Morgan fingerprint density at radius 3 is 2.38 bits per heavy atom. The molecule has 0 aliphatic rings. The quantitative estimate of drug-likeness (QED) is 0.760. The Bertz CT molecular complexity index is 228. The molecule has 74 valence electrons. The van der Waals surface area contributed by atoms with E-state index in [-0.39, 0.29) is 0 Å². The summed E-state index contributed by atoms with van der Waals surface area (Å²) >= 11 is 0. The van der Waals surface area contributed by atoms with E-state index < -0.39 is 0 Å². The Morgan fingerprint density at radius 1 is 1.31 bits per heavy atom. The molecule has 0 saturated carbocycles. The molecule has 0 spiro atoms.